The molecule has 0 bridgehead atoms. The molecule has 0 unspecified atom stereocenters. The van der Waals surface area contributed by atoms with Crippen molar-refractivity contribution in [2.24, 2.45) is 0 Å². The lowest BCUT2D eigenvalue weighted by Gasteiger charge is -2.17. The molecule has 0 aliphatic carbocycles. The quantitative estimate of drug-likeness (QED) is 0.388. The highest BCUT2D eigenvalue weighted by atomic mass is 35.5. The second-order valence-corrected chi connectivity index (χ2v) is 6.77. The van der Waals surface area contributed by atoms with E-state index in [2.05, 4.69) is 4.98 Å². The molecule has 1 saturated heterocycles. The van der Waals surface area contributed by atoms with Crippen LogP contribution in [0.2, 0.25) is 5.02 Å². The van der Waals surface area contributed by atoms with Crippen LogP contribution >= 0.6 is 11.6 Å². The third-order valence-electron chi connectivity index (χ3n) is 4.62. The summed E-state index contributed by atoms with van der Waals surface area (Å²) in [5, 5.41) is 18.8. The minimum Gasteiger partial charge on any atom is -0.364 e. The zero-order chi connectivity index (χ0) is 20.1. The van der Waals surface area contributed by atoms with Crippen molar-refractivity contribution in [1.82, 2.24) is 4.98 Å². The third-order valence-corrected chi connectivity index (χ3v) is 4.91. The van der Waals surface area contributed by atoms with Crippen LogP contribution in [0.3, 0.4) is 0 Å². The van der Waals surface area contributed by atoms with Crippen LogP contribution < -0.4 is 0 Å². The van der Waals surface area contributed by atoms with Gasteiger partial charge in [0.1, 0.15) is 17.3 Å². The van der Waals surface area contributed by atoms with Crippen molar-refractivity contribution in [1.29, 1.82) is 0 Å². The van der Waals surface area contributed by atoms with Gasteiger partial charge >= 0.3 is 0 Å². The van der Waals surface area contributed by atoms with Crippen molar-refractivity contribution in [2.75, 3.05) is 6.61 Å². The summed E-state index contributed by atoms with van der Waals surface area (Å²) >= 11 is 5.71. The fourth-order valence-electron chi connectivity index (χ4n) is 3.07. The van der Waals surface area contributed by atoms with Crippen LogP contribution in [0, 0.1) is 17.5 Å². The highest BCUT2D eigenvalue weighted by Gasteiger charge is 2.50. The number of aromatic nitrogens is 1. The molecule has 144 valence electrons. The predicted octanol–water partition coefficient (Wildman–Crippen LogP) is 4.08. The molecular weight excluding hydrogens is 395 g/mol. The van der Waals surface area contributed by atoms with E-state index in [-0.39, 0.29) is 12.3 Å². The fraction of sp³-hybridized carbons (Fsp3) is 0.150. The van der Waals surface area contributed by atoms with Gasteiger partial charge in [-0.25, -0.2) is 18.2 Å². The first-order valence-electron chi connectivity index (χ1n) is 8.25. The molecule has 4 nitrogen and oxygen atoms in total. The van der Waals surface area contributed by atoms with Crippen LogP contribution in [0.4, 0.5) is 13.2 Å². The first-order valence-corrected chi connectivity index (χ1v) is 8.63. The summed E-state index contributed by atoms with van der Waals surface area (Å²) in [6, 6.07) is 11.5. The third kappa shape index (κ3) is 3.06. The minimum atomic E-state index is -2.17. The average Bonchev–Trinajstić information content (AvgIpc) is 3.47. The predicted molar refractivity (Wildman–Crippen MR) is 94.9 cm³/mol. The Morgan fingerprint density at radius 1 is 1.04 bits per heavy atom. The number of hydrogen-bond acceptors (Lipinski definition) is 4. The molecule has 28 heavy (non-hydrogen) atoms. The topological polar surface area (TPSA) is 65.9 Å². The van der Waals surface area contributed by atoms with Crippen molar-refractivity contribution in [3.05, 3.63) is 87.8 Å². The Balaban J connectivity index is 1.95. The number of benzene rings is 2. The van der Waals surface area contributed by atoms with E-state index in [0.717, 1.165) is 17.7 Å². The molecule has 2 aromatic carbocycles. The molecule has 2 heterocycles. The lowest BCUT2D eigenvalue weighted by Crippen LogP contribution is -2.16. The van der Waals surface area contributed by atoms with Crippen LogP contribution in [-0.4, -0.2) is 21.8 Å². The largest absolute Gasteiger partial charge is 0.364 e. The Hall–Kier alpha value is -2.45. The SMILES string of the molecule is OC(O)c1cc([C@]2(c3ccccc3)CO2)nc(-c2cc(Cl)c(F)cc2F)c1F. The first kappa shape index (κ1) is 18.9. The van der Waals surface area contributed by atoms with Crippen molar-refractivity contribution in [2.45, 2.75) is 11.9 Å². The van der Waals surface area contributed by atoms with Crippen molar-refractivity contribution in [3.8, 4) is 11.3 Å². The maximum atomic E-state index is 14.9. The number of halogens is 4. The summed E-state index contributed by atoms with van der Waals surface area (Å²) < 4.78 is 48.3. The maximum absolute atomic E-state index is 14.9. The van der Waals surface area contributed by atoms with Crippen LogP contribution in [0.25, 0.3) is 11.3 Å². The van der Waals surface area contributed by atoms with E-state index in [9.17, 15) is 23.4 Å². The molecular formula is C20H13ClF3NO3. The Kier molecular flexibility index (Phi) is 4.63. The van der Waals surface area contributed by atoms with Gasteiger partial charge in [0.25, 0.3) is 0 Å². The molecule has 1 aliphatic rings. The first-order chi connectivity index (χ1) is 13.3. The second-order valence-electron chi connectivity index (χ2n) is 6.36. The zero-order valence-corrected chi connectivity index (χ0v) is 14.9. The lowest BCUT2D eigenvalue weighted by molar-refractivity contribution is -0.0450. The molecule has 0 radical (unpaired) electrons. The monoisotopic (exact) mass is 407 g/mol. The van der Waals surface area contributed by atoms with Gasteiger partial charge in [0.15, 0.2) is 17.7 Å². The number of ether oxygens (including phenoxy) is 1. The van der Waals surface area contributed by atoms with Crippen LogP contribution in [-0.2, 0) is 10.3 Å². The number of epoxide rings is 1. The average molecular weight is 408 g/mol. The molecule has 1 atom stereocenters. The van der Waals surface area contributed by atoms with Crippen LogP contribution in [0.5, 0.6) is 0 Å². The Labute approximate surface area is 162 Å². The highest BCUT2D eigenvalue weighted by molar-refractivity contribution is 6.31. The number of aliphatic hydroxyl groups excluding tert-OH is 1. The summed E-state index contributed by atoms with van der Waals surface area (Å²) in [5.41, 5.74) is -1.57. The highest BCUT2D eigenvalue weighted by Crippen LogP contribution is 2.46. The Morgan fingerprint density at radius 3 is 2.32 bits per heavy atom. The van der Waals surface area contributed by atoms with Gasteiger partial charge in [-0.2, -0.15) is 0 Å². The van der Waals surface area contributed by atoms with Gasteiger partial charge in [-0.3, -0.25) is 0 Å². The summed E-state index contributed by atoms with van der Waals surface area (Å²) in [7, 11) is 0. The number of rotatable bonds is 4. The summed E-state index contributed by atoms with van der Waals surface area (Å²) in [4.78, 5) is 4.18. The number of hydrogen-bond donors (Lipinski definition) is 2. The smallest absolute Gasteiger partial charge is 0.181 e. The van der Waals surface area contributed by atoms with Crippen molar-refractivity contribution >= 4 is 11.6 Å². The maximum Gasteiger partial charge on any atom is 0.181 e. The van der Waals surface area contributed by atoms with Gasteiger partial charge in [0.2, 0.25) is 0 Å². The second kappa shape index (κ2) is 6.86. The van der Waals surface area contributed by atoms with E-state index in [1.165, 1.54) is 0 Å². The van der Waals surface area contributed by atoms with E-state index >= 15 is 0 Å². The zero-order valence-electron chi connectivity index (χ0n) is 14.2. The Morgan fingerprint density at radius 2 is 1.71 bits per heavy atom. The van der Waals surface area contributed by atoms with Gasteiger partial charge in [0.05, 0.1) is 17.3 Å². The molecule has 1 fully saturated rings. The number of pyridine rings is 1. The molecule has 4 rings (SSSR count). The minimum absolute atomic E-state index is 0.165. The van der Waals surface area contributed by atoms with Crippen LogP contribution in [0.15, 0.2) is 48.5 Å². The molecule has 2 N–H and O–H groups in total. The normalized spacial score (nSPS) is 18.5. The summed E-state index contributed by atoms with van der Waals surface area (Å²) in [6.07, 6.45) is -2.17. The molecule has 1 aromatic heterocycles. The van der Waals surface area contributed by atoms with Gasteiger partial charge < -0.3 is 14.9 Å². The fourth-order valence-corrected chi connectivity index (χ4v) is 3.23. The molecule has 3 aromatic rings. The molecule has 0 saturated carbocycles. The molecule has 8 heteroatoms. The van der Waals surface area contributed by atoms with Crippen LogP contribution in [0.1, 0.15) is 23.1 Å². The van der Waals surface area contributed by atoms with Gasteiger partial charge in [-0.1, -0.05) is 41.9 Å². The molecule has 0 spiro atoms. The summed E-state index contributed by atoms with van der Waals surface area (Å²) in [5.74, 6) is -3.24. The van der Waals surface area contributed by atoms with Gasteiger partial charge in [-0.05, 0) is 17.7 Å². The lowest BCUT2D eigenvalue weighted by atomic mass is 9.93. The van der Waals surface area contributed by atoms with E-state index in [1.807, 2.05) is 6.07 Å². The van der Waals surface area contributed by atoms with Crippen molar-refractivity contribution < 1.29 is 28.1 Å². The molecule has 1 aliphatic heterocycles. The van der Waals surface area contributed by atoms with E-state index in [1.54, 1.807) is 24.3 Å². The van der Waals surface area contributed by atoms with E-state index in [4.69, 9.17) is 16.3 Å². The molecule has 0 amide bonds. The van der Waals surface area contributed by atoms with E-state index in [0.29, 0.717) is 6.07 Å². The Bertz CT molecular complexity index is 1060. The van der Waals surface area contributed by atoms with Crippen molar-refractivity contribution in [3.63, 3.8) is 0 Å². The number of nitrogens with zero attached hydrogens (tertiary/aromatic N) is 1. The van der Waals surface area contributed by atoms with Gasteiger partial charge in [0, 0.05) is 17.2 Å². The standard InChI is InChI=1S/C20H13ClF3NO3/c21-13-6-11(14(22)8-15(13)23)18-17(24)12(19(26)27)7-16(25-18)20(9-28-20)10-4-2-1-3-5-10/h1-8,19,26-27H,9H2/t20-/m1/s1. The number of aliphatic hydroxyl groups is 2. The summed E-state index contributed by atoms with van der Waals surface area (Å²) in [6.45, 7) is 0.225. The van der Waals surface area contributed by atoms with Gasteiger partial charge in [-0.15, -0.1) is 0 Å². The van der Waals surface area contributed by atoms with E-state index < -0.39 is 51.2 Å².